The highest BCUT2D eigenvalue weighted by Crippen LogP contribution is 2.21. The number of fused-ring (bicyclic) bond motifs is 1. The van der Waals surface area contributed by atoms with Crippen molar-refractivity contribution in [3.05, 3.63) is 23.5 Å². The Hall–Kier alpha value is -1.98. The van der Waals surface area contributed by atoms with Gasteiger partial charge < -0.3 is 0 Å². The van der Waals surface area contributed by atoms with E-state index in [-0.39, 0.29) is 0 Å². The van der Waals surface area contributed by atoms with Crippen molar-refractivity contribution in [2.45, 2.75) is 5.03 Å². The normalized spacial score (nSPS) is 9.80. The first kappa shape index (κ1) is 9.57. The molecule has 0 aromatic carbocycles. The van der Waals surface area contributed by atoms with Gasteiger partial charge in [-0.2, -0.15) is 10.4 Å². The zero-order valence-electron chi connectivity index (χ0n) is 7.93. The predicted molar refractivity (Wildman–Crippen MR) is 57.4 cm³/mol. The number of thioether (sulfide) groups is 1. The average molecular weight is 214 g/mol. The van der Waals surface area contributed by atoms with Gasteiger partial charge in [0.1, 0.15) is 22.4 Å². The molecule has 5 heteroatoms. The lowest BCUT2D eigenvalue weighted by Gasteiger charge is -2.04. The van der Waals surface area contributed by atoms with Crippen molar-refractivity contribution in [2.24, 2.45) is 0 Å². The summed E-state index contributed by atoms with van der Waals surface area (Å²) in [6.07, 6.45) is 8.84. The molecule has 0 bridgehead atoms. The lowest BCUT2D eigenvalue weighted by molar-refractivity contribution is 0.892. The van der Waals surface area contributed by atoms with E-state index >= 15 is 0 Å². The summed E-state index contributed by atoms with van der Waals surface area (Å²) in [5.41, 5.74) is 1.52. The maximum absolute atomic E-state index is 9.02. The minimum atomic E-state index is 0.404. The number of hydrogen-bond donors (Lipinski definition) is 0. The lowest BCUT2D eigenvalue weighted by atomic mass is 10.2. The third kappa shape index (κ3) is 1.34. The molecule has 0 fully saturated rings. The van der Waals surface area contributed by atoms with Crippen LogP contribution in [0.5, 0.6) is 0 Å². The fourth-order valence-electron chi connectivity index (χ4n) is 1.30. The summed E-state index contributed by atoms with van der Waals surface area (Å²) in [6.45, 7) is 0. The first-order chi connectivity index (χ1) is 7.31. The number of nitriles is 1. The van der Waals surface area contributed by atoms with Crippen LogP contribution in [0.25, 0.3) is 5.65 Å². The average Bonchev–Trinajstić information content (AvgIpc) is 2.73. The predicted octanol–water partition coefficient (Wildman–Crippen LogP) is 1.30. The van der Waals surface area contributed by atoms with Crippen LogP contribution < -0.4 is 0 Å². The zero-order valence-corrected chi connectivity index (χ0v) is 8.75. The molecule has 0 aliphatic heterocycles. The standard InChI is InChI=1S/C10H6N4S/c1-3-8-7(6-11)10(15-2)13-9-4-5-12-14(8)9/h1,4-5H,2H3. The quantitative estimate of drug-likeness (QED) is 0.408. The molecule has 0 saturated heterocycles. The minimum absolute atomic E-state index is 0.404. The third-order valence-corrected chi connectivity index (χ3v) is 2.63. The van der Waals surface area contributed by atoms with Crippen LogP contribution in [0.15, 0.2) is 17.3 Å². The Morgan fingerprint density at radius 2 is 2.40 bits per heavy atom. The first-order valence-electron chi connectivity index (χ1n) is 4.10. The van der Waals surface area contributed by atoms with Crippen molar-refractivity contribution >= 4 is 17.4 Å². The molecule has 0 spiro atoms. The van der Waals surface area contributed by atoms with Gasteiger partial charge in [-0.3, -0.25) is 0 Å². The van der Waals surface area contributed by atoms with Crippen LogP contribution >= 0.6 is 11.8 Å². The van der Waals surface area contributed by atoms with E-state index in [1.54, 1.807) is 12.3 Å². The van der Waals surface area contributed by atoms with Crippen LogP contribution in [0.3, 0.4) is 0 Å². The number of rotatable bonds is 1. The fraction of sp³-hybridized carbons (Fsp3) is 0.100. The summed E-state index contributed by atoms with van der Waals surface area (Å²) >= 11 is 1.40. The highest BCUT2D eigenvalue weighted by Gasteiger charge is 2.13. The molecule has 0 radical (unpaired) electrons. The maximum Gasteiger partial charge on any atom is 0.157 e. The van der Waals surface area contributed by atoms with Gasteiger partial charge in [0.05, 0.1) is 6.20 Å². The molecule has 2 aromatic heterocycles. The van der Waals surface area contributed by atoms with E-state index in [2.05, 4.69) is 22.1 Å². The number of nitrogens with zero attached hydrogens (tertiary/aromatic N) is 4. The van der Waals surface area contributed by atoms with Crippen molar-refractivity contribution < 1.29 is 0 Å². The van der Waals surface area contributed by atoms with Crippen molar-refractivity contribution in [1.82, 2.24) is 14.6 Å². The van der Waals surface area contributed by atoms with E-state index in [1.165, 1.54) is 16.3 Å². The molecule has 2 heterocycles. The van der Waals surface area contributed by atoms with Gasteiger partial charge >= 0.3 is 0 Å². The fourth-order valence-corrected chi connectivity index (χ4v) is 1.83. The van der Waals surface area contributed by atoms with E-state index in [0.29, 0.717) is 21.9 Å². The molecule has 0 saturated carbocycles. The Bertz CT molecular complexity index is 600. The molecular formula is C10H6N4S. The van der Waals surface area contributed by atoms with E-state index in [4.69, 9.17) is 11.7 Å². The lowest BCUT2D eigenvalue weighted by Crippen LogP contribution is -2.02. The van der Waals surface area contributed by atoms with Crippen LogP contribution in [0, 0.1) is 23.7 Å². The minimum Gasteiger partial charge on any atom is -0.221 e. The monoisotopic (exact) mass is 214 g/mol. The number of aromatic nitrogens is 3. The van der Waals surface area contributed by atoms with Crippen LogP contribution in [-0.2, 0) is 0 Å². The van der Waals surface area contributed by atoms with Gasteiger partial charge in [-0.25, -0.2) is 9.50 Å². The summed E-state index contributed by atoms with van der Waals surface area (Å²) in [5.74, 6) is 2.47. The maximum atomic E-state index is 9.02. The molecule has 0 aliphatic rings. The van der Waals surface area contributed by atoms with Crippen LogP contribution in [0.4, 0.5) is 0 Å². The Balaban J connectivity index is 2.94. The summed E-state index contributed by atoms with van der Waals surface area (Å²) in [5, 5.41) is 13.7. The van der Waals surface area contributed by atoms with Gasteiger partial charge in [-0.15, -0.1) is 18.2 Å². The van der Waals surface area contributed by atoms with Crippen LogP contribution in [-0.4, -0.2) is 20.9 Å². The summed E-state index contributed by atoms with van der Waals surface area (Å²) in [6, 6.07) is 3.81. The van der Waals surface area contributed by atoms with Gasteiger partial charge in [0.25, 0.3) is 0 Å². The van der Waals surface area contributed by atoms with E-state index in [1.807, 2.05) is 6.26 Å². The van der Waals surface area contributed by atoms with E-state index in [0.717, 1.165) is 0 Å². The molecule has 2 aromatic rings. The second kappa shape index (κ2) is 3.64. The molecule has 0 atom stereocenters. The topological polar surface area (TPSA) is 54.0 Å². The Kier molecular flexibility index (Phi) is 2.32. The number of hydrogen-bond acceptors (Lipinski definition) is 4. The Labute approximate surface area is 90.9 Å². The smallest absolute Gasteiger partial charge is 0.157 e. The molecule has 0 unspecified atom stereocenters. The van der Waals surface area contributed by atoms with Gasteiger partial charge in [-0.05, 0) is 12.2 Å². The second-order valence-corrected chi connectivity index (χ2v) is 3.50. The van der Waals surface area contributed by atoms with Crippen LogP contribution in [0.2, 0.25) is 0 Å². The van der Waals surface area contributed by atoms with Crippen molar-refractivity contribution in [3.63, 3.8) is 0 Å². The van der Waals surface area contributed by atoms with Crippen molar-refractivity contribution in [1.29, 1.82) is 5.26 Å². The molecule has 4 nitrogen and oxygen atoms in total. The SMILES string of the molecule is C#Cc1c(C#N)c(SC)nc2ccnn12. The van der Waals surface area contributed by atoms with Crippen molar-refractivity contribution in [2.75, 3.05) is 6.26 Å². The highest BCUT2D eigenvalue weighted by molar-refractivity contribution is 7.98. The summed E-state index contributed by atoms with van der Waals surface area (Å²) in [7, 11) is 0. The summed E-state index contributed by atoms with van der Waals surface area (Å²) in [4.78, 5) is 4.28. The highest BCUT2D eigenvalue weighted by atomic mass is 32.2. The second-order valence-electron chi connectivity index (χ2n) is 2.70. The van der Waals surface area contributed by atoms with Crippen molar-refractivity contribution in [3.8, 4) is 18.4 Å². The number of terminal acetylenes is 1. The molecular weight excluding hydrogens is 208 g/mol. The summed E-state index contributed by atoms with van der Waals surface area (Å²) < 4.78 is 1.50. The molecule has 2 rings (SSSR count). The molecule has 0 N–H and O–H groups in total. The zero-order chi connectivity index (χ0) is 10.8. The van der Waals surface area contributed by atoms with Gasteiger partial charge in [0, 0.05) is 6.07 Å². The largest absolute Gasteiger partial charge is 0.221 e. The first-order valence-corrected chi connectivity index (χ1v) is 5.32. The van der Waals surface area contributed by atoms with Gasteiger partial charge in [0.15, 0.2) is 5.65 Å². The van der Waals surface area contributed by atoms with Crippen LogP contribution in [0.1, 0.15) is 11.3 Å². The molecule has 72 valence electrons. The third-order valence-electron chi connectivity index (χ3n) is 1.94. The molecule has 15 heavy (non-hydrogen) atoms. The van der Waals surface area contributed by atoms with Gasteiger partial charge in [-0.1, -0.05) is 0 Å². The van der Waals surface area contributed by atoms with E-state index in [9.17, 15) is 0 Å². The molecule has 0 aliphatic carbocycles. The van der Waals surface area contributed by atoms with E-state index < -0.39 is 0 Å². The Morgan fingerprint density at radius 1 is 1.60 bits per heavy atom. The van der Waals surface area contributed by atoms with Gasteiger partial charge in [0.2, 0.25) is 0 Å². The Morgan fingerprint density at radius 3 is 3.00 bits per heavy atom. The molecule has 0 amide bonds.